The second kappa shape index (κ2) is 6.91. The van der Waals surface area contributed by atoms with Crippen LogP contribution in [0.1, 0.15) is 38.2 Å². The zero-order chi connectivity index (χ0) is 21.6. The lowest BCUT2D eigenvalue weighted by Crippen LogP contribution is -2.42. The number of hydrogen-bond acceptors (Lipinski definition) is 8. The van der Waals surface area contributed by atoms with Gasteiger partial charge < -0.3 is 15.6 Å². The lowest BCUT2D eigenvalue weighted by atomic mass is 9.68. The summed E-state index contributed by atoms with van der Waals surface area (Å²) in [5, 5.41) is 26.7. The van der Waals surface area contributed by atoms with E-state index in [9.17, 15) is 15.2 Å². The normalized spacial score (nSPS) is 20.8. The lowest BCUT2D eigenvalue weighted by molar-refractivity contribution is -0.118. The first kappa shape index (κ1) is 19.5. The van der Waals surface area contributed by atoms with Gasteiger partial charge in [0.15, 0.2) is 17.3 Å². The molecule has 0 amide bonds. The number of nitrogens with two attached hydrogens (primary N) is 1. The van der Waals surface area contributed by atoms with Crippen LogP contribution in [0.2, 0.25) is 0 Å². The van der Waals surface area contributed by atoms with Gasteiger partial charge in [0.1, 0.15) is 12.1 Å². The molecule has 1 atom stereocenters. The Hall–Kier alpha value is -3.80. The average Bonchev–Trinajstić information content (AvgIpc) is 3.21. The molecule has 4 N–H and O–H groups in total. The molecule has 2 heterocycles. The molecule has 9 heteroatoms. The van der Waals surface area contributed by atoms with E-state index in [0.29, 0.717) is 35.6 Å². The van der Waals surface area contributed by atoms with Gasteiger partial charge in [0.05, 0.1) is 24.7 Å². The standard InChI is InChI=1S/C21H22N6O3/c1-21(2)7-13-18(15(29)8-21)17(11-4-5-14(28)16(6-11)30-3)12(9-22)19(23)27(13)20-24-10-25-26-20/h4-6,10,17,28H,7-8,23H2,1-3H3,(H,24,25,26). The number of rotatable bonds is 3. The molecule has 2 aliphatic rings. The molecule has 1 aliphatic carbocycles. The van der Waals surface area contributed by atoms with Gasteiger partial charge in [-0.25, -0.2) is 5.10 Å². The van der Waals surface area contributed by atoms with E-state index in [1.54, 1.807) is 17.0 Å². The van der Waals surface area contributed by atoms with Crippen molar-refractivity contribution in [2.45, 2.75) is 32.6 Å². The van der Waals surface area contributed by atoms with Crippen LogP contribution < -0.4 is 15.4 Å². The Balaban J connectivity index is 1.99. The van der Waals surface area contributed by atoms with Crippen molar-refractivity contribution >= 4 is 11.7 Å². The second-order valence-electron chi connectivity index (χ2n) is 8.22. The molecule has 1 unspecified atom stereocenters. The van der Waals surface area contributed by atoms with Gasteiger partial charge in [-0.2, -0.15) is 15.3 Å². The smallest absolute Gasteiger partial charge is 0.231 e. The molecule has 0 fully saturated rings. The first-order valence-corrected chi connectivity index (χ1v) is 9.46. The Labute approximate surface area is 173 Å². The number of nitriles is 1. The maximum absolute atomic E-state index is 13.3. The van der Waals surface area contributed by atoms with Crippen molar-refractivity contribution in [2.75, 3.05) is 12.0 Å². The molecular weight excluding hydrogens is 384 g/mol. The van der Waals surface area contributed by atoms with Gasteiger partial charge in [-0.15, -0.1) is 0 Å². The highest BCUT2D eigenvalue weighted by Crippen LogP contribution is 2.50. The summed E-state index contributed by atoms with van der Waals surface area (Å²) in [5.41, 5.74) is 8.25. The quantitative estimate of drug-likeness (QED) is 0.706. The fourth-order valence-corrected chi connectivity index (χ4v) is 4.26. The zero-order valence-electron chi connectivity index (χ0n) is 16.9. The summed E-state index contributed by atoms with van der Waals surface area (Å²) in [7, 11) is 1.44. The summed E-state index contributed by atoms with van der Waals surface area (Å²) in [4.78, 5) is 19.2. The molecule has 0 radical (unpaired) electrons. The predicted molar refractivity (Wildman–Crippen MR) is 108 cm³/mol. The van der Waals surface area contributed by atoms with Crippen molar-refractivity contribution in [2.24, 2.45) is 11.1 Å². The van der Waals surface area contributed by atoms with Crippen LogP contribution in [0.5, 0.6) is 11.5 Å². The maximum Gasteiger partial charge on any atom is 0.231 e. The van der Waals surface area contributed by atoms with Crippen LogP contribution >= 0.6 is 0 Å². The van der Waals surface area contributed by atoms with E-state index in [4.69, 9.17) is 10.5 Å². The van der Waals surface area contributed by atoms with Gasteiger partial charge in [-0.1, -0.05) is 19.9 Å². The van der Waals surface area contributed by atoms with Crippen molar-refractivity contribution in [3.8, 4) is 17.6 Å². The molecule has 0 bridgehead atoms. The number of ether oxygens (including phenoxy) is 1. The summed E-state index contributed by atoms with van der Waals surface area (Å²) in [6.07, 6.45) is 2.27. The predicted octanol–water partition coefficient (Wildman–Crippen LogP) is 2.46. The van der Waals surface area contributed by atoms with Crippen molar-refractivity contribution in [3.63, 3.8) is 0 Å². The molecule has 0 saturated carbocycles. The minimum absolute atomic E-state index is 0.0267. The largest absolute Gasteiger partial charge is 0.504 e. The van der Waals surface area contributed by atoms with Crippen molar-refractivity contribution in [1.82, 2.24) is 15.2 Å². The Kier molecular flexibility index (Phi) is 4.50. The van der Waals surface area contributed by atoms with Crippen LogP contribution in [0.4, 0.5) is 5.95 Å². The van der Waals surface area contributed by atoms with Crippen LogP contribution in [0.15, 0.2) is 47.2 Å². The Morgan fingerprint density at radius 2 is 2.17 bits per heavy atom. The third-order valence-electron chi connectivity index (χ3n) is 5.53. The van der Waals surface area contributed by atoms with Crippen LogP contribution in [0.25, 0.3) is 0 Å². The molecule has 0 saturated heterocycles. The highest BCUT2D eigenvalue weighted by molar-refractivity contribution is 6.01. The number of anilines is 1. The van der Waals surface area contributed by atoms with Gasteiger partial charge in [0.2, 0.25) is 5.95 Å². The maximum atomic E-state index is 13.3. The van der Waals surface area contributed by atoms with E-state index in [-0.39, 0.29) is 34.1 Å². The molecule has 1 aromatic carbocycles. The van der Waals surface area contributed by atoms with E-state index >= 15 is 0 Å². The number of H-pyrrole nitrogens is 1. The van der Waals surface area contributed by atoms with Crippen molar-refractivity contribution in [3.05, 3.63) is 52.8 Å². The first-order valence-electron chi connectivity index (χ1n) is 9.46. The van der Waals surface area contributed by atoms with Crippen LogP contribution in [0, 0.1) is 16.7 Å². The number of methoxy groups -OCH3 is 1. The van der Waals surface area contributed by atoms with Crippen molar-refractivity contribution in [1.29, 1.82) is 5.26 Å². The second-order valence-corrected chi connectivity index (χ2v) is 8.22. The number of ketones is 1. The molecule has 0 spiro atoms. The van der Waals surface area contributed by atoms with E-state index in [0.717, 1.165) is 0 Å². The minimum Gasteiger partial charge on any atom is -0.504 e. The summed E-state index contributed by atoms with van der Waals surface area (Å²) in [5.74, 6) is 0.0498. The number of aromatic nitrogens is 3. The van der Waals surface area contributed by atoms with Gasteiger partial charge in [0, 0.05) is 17.7 Å². The summed E-state index contributed by atoms with van der Waals surface area (Å²) >= 11 is 0. The lowest BCUT2D eigenvalue weighted by Gasteiger charge is -2.42. The molecule has 1 aromatic heterocycles. The number of hydrogen-bond donors (Lipinski definition) is 3. The van der Waals surface area contributed by atoms with Gasteiger partial charge in [-0.3, -0.25) is 9.69 Å². The number of aromatic hydroxyl groups is 1. The van der Waals surface area contributed by atoms with E-state index in [1.807, 2.05) is 13.8 Å². The molecule has 1 aliphatic heterocycles. The van der Waals surface area contributed by atoms with Gasteiger partial charge in [-0.05, 0) is 29.5 Å². The number of phenols is 1. The van der Waals surface area contributed by atoms with Crippen LogP contribution in [0.3, 0.4) is 0 Å². The fourth-order valence-electron chi connectivity index (χ4n) is 4.26. The Morgan fingerprint density at radius 1 is 1.40 bits per heavy atom. The number of benzene rings is 1. The Morgan fingerprint density at radius 3 is 2.80 bits per heavy atom. The number of nitrogens with zero attached hydrogens (tertiary/aromatic N) is 4. The number of nitrogens with one attached hydrogen (secondary N) is 1. The molecule has 30 heavy (non-hydrogen) atoms. The highest BCUT2D eigenvalue weighted by atomic mass is 16.5. The first-order chi connectivity index (χ1) is 14.3. The summed E-state index contributed by atoms with van der Waals surface area (Å²) < 4.78 is 5.23. The number of Topliss-reactive ketones (excluding diaryl/α,β-unsaturated/α-hetero) is 1. The number of carbonyl (C=O) groups is 1. The van der Waals surface area contributed by atoms with E-state index < -0.39 is 5.92 Å². The highest BCUT2D eigenvalue weighted by Gasteiger charge is 2.45. The Bertz CT molecular complexity index is 1120. The zero-order valence-corrected chi connectivity index (χ0v) is 16.9. The third-order valence-corrected chi connectivity index (χ3v) is 5.53. The van der Waals surface area contributed by atoms with E-state index in [2.05, 4.69) is 21.3 Å². The number of carbonyl (C=O) groups excluding carboxylic acids is 1. The molecule has 154 valence electrons. The van der Waals surface area contributed by atoms with Crippen LogP contribution in [-0.2, 0) is 4.79 Å². The third kappa shape index (κ3) is 2.97. The minimum atomic E-state index is -0.665. The van der Waals surface area contributed by atoms with Gasteiger partial charge in [0.25, 0.3) is 0 Å². The SMILES string of the molecule is COc1cc(C2C(C#N)=C(N)N(c3ncn[nH]3)C3=C2C(=O)CC(C)(C)C3)ccc1O. The molecule has 2 aromatic rings. The summed E-state index contributed by atoms with van der Waals surface area (Å²) in [6.45, 7) is 4.04. The van der Waals surface area contributed by atoms with E-state index in [1.165, 1.54) is 19.5 Å². The van der Waals surface area contributed by atoms with Crippen LogP contribution in [-0.4, -0.2) is 33.2 Å². The number of allylic oxidation sites excluding steroid dienone is 3. The number of phenolic OH excluding ortho intramolecular Hbond substituents is 1. The average molecular weight is 406 g/mol. The molecule has 9 nitrogen and oxygen atoms in total. The molecular formula is C21H22N6O3. The number of aromatic amines is 1. The van der Waals surface area contributed by atoms with Crippen molar-refractivity contribution < 1.29 is 14.6 Å². The fraction of sp³-hybridized carbons (Fsp3) is 0.333. The molecule has 4 rings (SSSR count). The summed E-state index contributed by atoms with van der Waals surface area (Å²) in [6, 6.07) is 6.97. The monoisotopic (exact) mass is 406 g/mol. The topological polar surface area (TPSA) is 141 Å². The van der Waals surface area contributed by atoms with Gasteiger partial charge >= 0.3 is 0 Å².